The maximum absolute atomic E-state index is 5.39. The summed E-state index contributed by atoms with van der Waals surface area (Å²) < 4.78 is 5.39. The van der Waals surface area contributed by atoms with Crippen LogP contribution < -0.4 is 0 Å². The minimum Gasteiger partial charge on any atom is -0.424 e. The molecule has 84 valence electrons. The van der Waals surface area contributed by atoms with E-state index in [4.69, 9.17) is 4.43 Å². The van der Waals surface area contributed by atoms with E-state index in [1.165, 1.54) is 42.4 Å². The molecule has 0 atom stereocenters. The fraction of sp³-hybridized carbons (Fsp3) is 0.538. The smallest absolute Gasteiger partial charge is 0.146 e. The molecule has 0 N–H and O–H groups in total. The number of aryl methyl sites for hydroxylation is 1. The largest absolute Gasteiger partial charge is 0.424 e. The van der Waals surface area contributed by atoms with Gasteiger partial charge in [0.1, 0.15) is 10.5 Å². The summed E-state index contributed by atoms with van der Waals surface area (Å²) in [6.07, 6.45) is 4.83. The molecular weight excluding hydrogens is 200 g/mol. The Morgan fingerprint density at radius 2 is 1.73 bits per heavy atom. The van der Waals surface area contributed by atoms with E-state index in [1.54, 1.807) is 0 Å². The molecule has 0 heterocycles. The second-order valence-corrected chi connectivity index (χ2v) is 4.57. The van der Waals surface area contributed by atoms with Crippen LogP contribution in [0.4, 0.5) is 0 Å². The minimum atomic E-state index is 0.805. The van der Waals surface area contributed by atoms with Crippen molar-refractivity contribution in [3.63, 3.8) is 0 Å². The van der Waals surface area contributed by atoms with Gasteiger partial charge in [0, 0.05) is 0 Å². The van der Waals surface area contributed by atoms with Gasteiger partial charge in [-0.25, -0.2) is 0 Å². The molecule has 0 amide bonds. The summed E-state index contributed by atoms with van der Waals surface area (Å²) in [6, 6.07) is 6.65. The summed E-state index contributed by atoms with van der Waals surface area (Å²) >= 11 is 0. The Morgan fingerprint density at radius 1 is 1.07 bits per heavy atom. The first-order valence-corrected chi connectivity index (χ1v) is 6.73. The van der Waals surface area contributed by atoms with Crippen LogP contribution in [0.25, 0.3) is 0 Å². The van der Waals surface area contributed by atoms with Crippen molar-refractivity contribution in [3.05, 3.63) is 34.9 Å². The normalized spacial score (nSPS) is 10.8. The van der Waals surface area contributed by atoms with E-state index in [9.17, 15) is 0 Å². The second-order valence-electron chi connectivity index (χ2n) is 3.99. The molecule has 0 fully saturated rings. The number of hydrogen-bond donors (Lipinski definition) is 0. The zero-order chi connectivity index (χ0) is 11.1. The molecule has 1 rings (SSSR count). The molecule has 0 radical (unpaired) electrons. The van der Waals surface area contributed by atoms with Gasteiger partial charge >= 0.3 is 0 Å². The van der Waals surface area contributed by atoms with E-state index in [0.717, 1.165) is 17.1 Å². The Kier molecular flexibility index (Phi) is 5.65. The van der Waals surface area contributed by atoms with Crippen LogP contribution in [0.3, 0.4) is 0 Å². The van der Waals surface area contributed by atoms with Gasteiger partial charge in [-0.1, -0.05) is 44.9 Å². The first-order chi connectivity index (χ1) is 7.33. The number of rotatable bonds is 6. The summed E-state index contributed by atoms with van der Waals surface area (Å²) in [7, 11) is 0.826. The van der Waals surface area contributed by atoms with Gasteiger partial charge < -0.3 is 4.43 Å². The van der Waals surface area contributed by atoms with Gasteiger partial charge in [-0.15, -0.1) is 0 Å². The average Bonchev–Trinajstić information content (AvgIpc) is 2.23. The van der Waals surface area contributed by atoms with Crippen LogP contribution in [0, 0.1) is 0 Å². The highest BCUT2D eigenvalue weighted by Gasteiger charge is 2.06. The quantitative estimate of drug-likeness (QED) is 0.672. The molecule has 0 aliphatic heterocycles. The van der Waals surface area contributed by atoms with Crippen molar-refractivity contribution in [2.75, 3.05) is 0 Å². The lowest BCUT2D eigenvalue weighted by molar-refractivity contribution is 0.336. The van der Waals surface area contributed by atoms with Crippen LogP contribution in [-0.2, 0) is 23.9 Å². The fourth-order valence-electron chi connectivity index (χ4n) is 2.05. The molecule has 0 unspecified atom stereocenters. The van der Waals surface area contributed by atoms with Gasteiger partial charge in [-0.05, 0) is 29.5 Å². The molecule has 0 aliphatic rings. The summed E-state index contributed by atoms with van der Waals surface area (Å²) in [5, 5.41) is 0. The van der Waals surface area contributed by atoms with Crippen molar-refractivity contribution < 1.29 is 4.43 Å². The van der Waals surface area contributed by atoms with E-state index in [2.05, 4.69) is 32.0 Å². The van der Waals surface area contributed by atoms with Crippen LogP contribution in [-0.4, -0.2) is 10.5 Å². The summed E-state index contributed by atoms with van der Waals surface area (Å²) in [6.45, 7) is 5.29. The van der Waals surface area contributed by atoms with Gasteiger partial charge in [0.05, 0.1) is 6.61 Å². The zero-order valence-corrected chi connectivity index (χ0v) is 12.2. The van der Waals surface area contributed by atoms with Gasteiger partial charge in [0.15, 0.2) is 0 Å². The second kappa shape index (κ2) is 6.80. The monoisotopic (exact) mass is 222 g/mol. The molecule has 15 heavy (non-hydrogen) atoms. The first kappa shape index (κ1) is 12.5. The maximum atomic E-state index is 5.39. The molecule has 0 aliphatic carbocycles. The van der Waals surface area contributed by atoms with Gasteiger partial charge in [-0.3, -0.25) is 0 Å². The zero-order valence-electron chi connectivity index (χ0n) is 10.2. The average molecular weight is 222 g/mol. The van der Waals surface area contributed by atoms with E-state index in [-0.39, 0.29) is 0 Å². The molecule has 0 bridgehead atoms. The minimum absolute atomic E-state index is 0.805. The van der Waals surface area contributed by atoms with Gasteiger partial charge in [0.2, 0.25) is 0 Å². The van der Waals surface area contributed by atoms with E-state index >= 15 is 0 Å². The highest BCUT2D eigenvalue weighted by molar-refractivity contribution is 5.97. The van der Waals surface area contributed by atoms with Crippen LogP contribution in [0.15, 0.2) is 18.2 Å². The van der Waals surface area contributed by atoms with Crippen molar-refractivity contribution in [3.8, 4) is 0 Å². The molecule has 1 nitrogen and oxygen atoms in total. The summed E-state index contributed by atoms with van der Waals surface area (Å²) in [5.41, 5.74) is 4.46. The maximum Gasteiger partial charge on any atom is 0.146 e. The molecule has 1 aromatic rings. The number of benzene rings is 1. The highest BCUT2D eigenvalue weighted by Crippen LogP contribution is 2.19. The lowest BCUT2D eigenvalue weighted by atomic mass is 9.95. The predicted octanol–water partition coefficient (Wildman–Crippen LogP) is 2.39. The third-order valence-electron chi connectivity index (χ3n) is 2.69. The summed E-state index contributed by atoms with van der Waals surface area (Å²) in [4.78, 5) is 0. The van der Waals surface area contributed by atoms with Crippen molar-refractivity contribution >= 4 is 10.5 Å². The Balaban J connectivity index is 2.97. The predicted molar refractivity (Wildman–Crippen MR) is 69.2 cm³/mol. The third kappa shape index (κ3) is 3.47. The SMILES string of the molecule is CCCc1cccc(CO[SiH3])c1CCC. The lowest BCUT2D eigenvalue weighted by Gasteiger charge is -2.13. The highest BCUT2D eigenvalue weighted by atomic mass is 28.2. The summed E-state index contributed by atoms with van der Waals surface area (Å²) in [5.74, 6) is 0. The molecular formula is C13H22OSi. The molecule has 0 aromatic heterocycles. The molecule has 0 spiro atoms. The van der Waals surface area contributed by atoms with Gasteiger partial charge in [-0.2, -0.15) is 0 Å². The van der Waals surface area contributed by atoms with E-state index < -0.39 is 0 Å². The van der Waals surface area contributed by atoms with Crippen LogP contribution >= 0.6 is 0 Å². The number of hydrogen-bond acceptors (Lipinski definition) is 1. The van der Waals surface area contributed by atoms with Crippen molar-refractivity contribution in [1.29, 1.82) is 0 Å². The standard InChI is InChI=1S/C13H22OSi/c1-3-6-11-8-5-9-12(10-14-15)13(11)7-4-2/h5,8-9H,3-4,6-7,10H2,1-2,15H3. The topological polar surface area (TPSA) is 9.23 Å². The van der Waals surface area contributed by atoms with E-state index in [0.29, 0.717) is 0 Å². The first-order valence-electron chi connectivity index (χ1n) is 5.92. The van der Waals surface area contributed by atoms with Crippen LogP contribution in [0.2, 0.25) is 0 Å². The van der Waals surface area contributed by atoms with Crippen molar-refractivity contribution in [1.82, 2.24) is 0 Å². The Morgan fingerprint density at radius 3 is 2.33 bits per heavy atom. The Labute approximate surface area is 96.4 Å². The Bertz CT molecular complexity index is 272. The molecule has 0 saturated carbocycles. The molecule has 1 aromatic carbocycles. The molecule has 0 saturated heterocycles. The fourth-order valence-corrected chi connectivity index (χ4v) is 2.36. The lowest BCUT2D eigenvalue weighted by Crippen LogP contribution is -2.01. The van der Waals surface area contributed by atoms with Gasteiger partial charge in [0.25, 0.3) is 0 Å². The van der Waals surface area contributed by atoms with Crippen LogP contribution in [0.5, 0.6) is 0 Å². The Hall–Kier alpha value is -0.603. The molecule has 2 heteroatoms. The van der Waals surface area contributed by atoms with Crippen molar-refractivity contribution in [2.45, 2.75) is 46.1 Å². The van der Waals surface area contributed by atoms with Crippen LogP contribution in [0.1, 0.15) is 43.4 Å². The third-order valence-corrected chi connectivity index (χ3v) is 2.98. The van der Waals surface area contributed by atoms with E-state index in [1.807, 2.05) is 0 Å². The van der Waals surface area contributed by atoms with Crippen molar-refractivity contribution in [2.24, 2.45) is 0 Å².